The third-order valence-corrected chi connectivity index (χ3v) is 3.45. The van der Waals surface area contributed by atoms with E-state index in [-0.39, 0.29) is 30.2 Å². The van der Waals surface area contributed by atoms with Gasteiger partial charge in [0.05, 0.1) is 0 Å². The minimum absolute atomic E-state index is 0.116. The molecule has 0 aliphatic carbocycles. The van der Waals surface area contributed by atoms with E-state index in [2.05, 4.69) is 26.5 Å². The number of ketones is 1. The van der Waals surface area contributed by atoms with Crippen LogP contribution in [0.15, 0.2) is 33.8 Å². The summed E-state index contributed by atoms with van der Waals surface area (Å²) in [5.74, 6) is -1.23. The number of nitrogens with zero attached hydrogens (tertiary/aromatic N) is 1. The molecular weight excluding hydrogens is 340 g/mol. The molecule has 1 N–H and O–H groups in total. The van der Waals surface area contributed by atoms with Crippen LogP contribution in [0.4, 0.5) is 0 Å². The van der Waals surface area contributed by atoms with Gasteiger partial charge in [-0.25, -0.2) is 10.2 Å². The Morgan fingerprint density at radius 3 is 2.52 bits per heavy atom. The first-order valence-corrected chi connectivity index (χ1v) is 7.13. The number of amides is 1. The molecule has 1 amide bonds. The predicted molar refractivity (Wildman–Crippen MR) is 78.8 cm³/mol. The zero-order valence-corrected chi connectivity index (χ0v) is 12.8. The Morgan fingerprint density at radius 1 is 1.29 bits per heavy atom. The average molecular weight is 353 g/mol. The van der Waals surface area contributed by atoms with Gasteiger partial charge in [-0.2, -0.15) is 5.10 Å². The van der Waals surface area contributed by atoms with E-state index >= 15 is 0 Å². The maximum Gasteiger partial charge on any atom is 0.355 e. The standard InChI is InChI=1S/C14H13BrN2O4/c1-8(13(19)9-2-4-10(15)5-3-9)21-14(20)11-6-7-12(18)17-16-11/h2-5,8H,6-7H2,1H3,(H,17,18)/t8-/m1/s1. The lowest BCUT2D eigenvalue weighted by Crippen LogP contribution is -2.34. The van der Waals surface area contributed by atoms with Crippen molar-refractivity contribution in [2.45, 2.75) is 25.9 Å². The fraction of sp³-hybridized carbons (Fsp3) is 0.286. The highest BCUT2D eigenvalue weighted by Gasteiger charge is 2.24. The lowest BCUT2D eigenvalue weighted by Gasteiger charge is -2.15. The maximum absolute atomic E-state index is 12.1. The normalized spacial score (nSPS) is 15.7. The fourth-order valence-electron chi connectivity index (χ4n) is 1.75. The van der Waals surface area contributed by atoms with Gasteiger partial charge in [0.2, 0.25) is 11.7 Å². The van der Waals surface area contributed by atoms with Gasteiger partial charge in [0.15, 0.2) is 6.10 Å². The van der Waals surface area contributed by atoms with E-state index in [1.165, 1.54) is 6.92 Å². The summed E-state index contributed by atoms with van der Waals surface area (Å²) in [4.78, 5) is 34.9. The molecular formula is C14H13BrN2O4. The molecule has 1 atom stereocenters. The number of hydrogen-bond acceptors (Lipinski definition) is 5. The Labute approximate surface area is 129 Å². The summed E-state index contributed by atoms with van der Waals surface area (Å²) in [5, 5.41) is 3.63. The molecule has 110 valence electrons. The van der Waals surface area contributed by atoms with Gasteiger partial charge >= 0.3 is 5.97 Å². The fourth-order valence-corrected chi connectivity index (χ4v) is 2.02. The lowest BCUT2D eigenvalue weighted by molar-refractivity contribution is -0.138. The molecule has 1 heterocycles. The molecule has 0 saturated heterocycles. The first kappa shape index (κ1) is 15.4. The second-order valence-corrected chi connectivity index (χ2v) is 5.43. The molecule has 0 fully saturated rings. The molecule has 0 unspecified atom stereocenters. The van der Waals surface area contributed by atoms with E-state index in [1.807, 2.05) is 0 Å². The number of carbonyl (C=O) groups excluding carboxylic acids is 3. The van der Waals surface area contributed by atoms with Crippen LogP contribution in [-0.4, -0.2) is 29.5 Å². The quantitative estimate of drug-likeness (QED) is 0.661. The molecule has 21 heavy (non-hydrogen) atoms. The zero-order chi connectivity index (χ0) is 15.4. The Morgan fingerprint density at radius 2 is 1.95 bits per heavy atom. The van der Waals surface area contributed by atoms with Crippen molar-refractivity contribution in [2.75, 3.05) is 0 Å². The molecule has 2 rings (SSSR count). The van der Waals surface area contributed by atoms with Crippen molar-refractivity contribution < 1.29 is 19.1 Å². The summed E-state index contributed by atoms with van der Waals surface area (Å²) in [7, 11) is 0. The smallest absolute Gasteiger partial charge is 0.355 e. The molecule has 0 bridgehead atoms. The van der Waals surface area contributed by atoms with Gasteiger partial charge < -0.3 is 4.74 Å². The van der Waals surface area contributed by atoms with Crippen molar-refractivity contribution >= 4 is 39.3 Å². The minimum atomic E-state index is -0.918. The molecule has 0 spiro atoms. The van der Waals surface area contributed by atoms with Crippen LogP contribution in [0.3, 0.4) is 0 Å². The minimum Gasteiger partial charge on any atom is -0.450 e. The topological polar surface area (TPSA) is 84.8 Å². The Balaban J connectivity index is 1.99. The lowest BCUT2D eigenvalue weighted by atomic mass is 10.1. The highest BCUT2D eigenvalue weighted by Crippen LogP contribution is 2.13. The van der Waals surface area contributed by atoms with Crippen molar-refractivity contribution in [1.82, 2.24) is 5.43 Å². The third kappa shape index (κ3) is 3.98. The molecule has 6 nitrogen and oxygen atoms in total. The molecule has 0 saturated carbocycles. The Hall–Kier alpha value is -2.02. The van der Waals surface area contributed by atoms with Gasteiger partial charge in [-0.05, 0) is 19.1 Å². The second-order valence-electron chi connectivity index (χ2n) is 4.51. The highest BCUT2D eigenvalue weighted by atomic mass is 79.9. The van der Waals surface area contributed by atoms with Crippen LogP contribution >= 0.6 is 15.9 Å². The molecule has 7 heteroatoms. The van der Waals surface area contributed by atoms with Crippen LogP contribution in [0.2, 0.25) is 0 Å². The molecule has 1 aliphatic heterocycles. The molecule has 1 aromatic carbocycles. The third-order valence-electron chi connectivity index (χ3n) is 2.92. The van der Waals surface area contributed by atoms with E-state index in [1.54, 1.807) is 24.3 Å². The predicted octanol–water partition coefficient (Wildman–Crippen LogP) is 1.83. The largest absolute Gasteiger partial charge is 0.450 e. The van der Waals surface area contributed by atoms with Gasteiger partial charge in [0.1, 0.15) is 5.71 Å². The molecule has 0 aromatic heterocycles. The molecule has 0 radical (unpaired) electrons. The summed E-state index contributed by atoms with van der Waals surface area (Å²) in [5.41, 5.74) is 2.78. The van der Waals surface area contributed by atoms with Crippen molar-refractivity contribution in [1.29, 1.82) is 0 Å². The van der Waals surface area contributed by atoms with Crippen LogP contribution in [0, 0.1) is 0 Å². The van der Waals surface area contributed by atoms with Gasteiger partial charge in [0.25, 0.3) is 0 Å². The number of hydrazone groups is 1. The summed E-state index contributed by atoms with van der Waals surface area (Å²) in [6, 6.07) is 6.77. The zero-order valence-electron chi connectivity index (χ0n) is 11.3. The SMILES string of the molecule is C[C@@H](OC(=O)C1=NNC(=O)CC1)C(=O)c1ccc(Br)cc1. The number of ether oxygens (including phenoxy) is 1. The van der Waals surface area contributed by atoms with Gasteiger partial charge in [-0.3, -0.25) is 9.59 Å². The van der Waals surface area contributed by atoms with Crippen LogP contribution in [0.5, 0.6) is 0 Å². The van der Waals surface area contributed by atoms with Gasteiger partial charge in [-0.1, -0.05) is 28.1 Å². The van der Waals surface area contributed by atoms with Gasteiger partial charge in [-0.15, -0.1) is 0 Å². The number of esters is 1. The van der Waals surface area contributed by atoms with E-state index < -0.39 is 12.1 Å². The summed E-state index contributed by atoms with van der Waals surface area (Å²) < 4.78 is 5.95. The van der Waals surface area contributed by atoms with Crippen molar-refractivity contribution in [2.24, 2.45) is 5.10 Å². The summed E-state index contributed by atoms with van der Waals surface area (Å²) in [6.45, 7) is 1.50. The van der Waals surface area contributed by atoms with Crippen molar-refractivity contribution in [3.05, 3.63) is 34.3 Å². The van der Waals surface area contributed by atoms with Crippen LogP contribution in [0.1, 0.15) is 30.1 Å². The Kier molecular flexibility index (Phi) is 4.85. The first-order chi connectivity index (χ1) is 9.97. The molecule has 1 aliphatic rings. The van der Waals surface area contributed by atoms with Gasteiger partial charge in [0, 0.05) is 22.9 Å². The number of benzene rings is 1. The number of hydrogen-bond donors (Lipinski definition) is 1. The highest BCUT2D eigenvalue weighted by molar-refractivity contribution is 9.10. The monoisotopic (exact) mass is 352 g/mol. The second kappa shape index (κ2) is 6.62. The van der Waals surface area contributed by atoms with E-state index in [0.717, 1.165) is 4.47 Å². The van der Waals surface area contributed by atoms with E-state index in [0.29, 0.717) is 5.56 Å². The molecule has 1 aromatic rings. The average Bonchev–Trinajstić information content (AvgIpc) is 2.47. The van der Waals surface area contributed by atoms with Crippen LogP contribution in [0.25, 0.3) is 0 Å². The van der Waals surface area contributed by atoms with Crippen LogP contribution < -0.4 is 5.43 Å². The maximum atomic E-state index is 12.1. The summed E-state index contributed by atoms with van der Waals surface area (Å²) in [6.07, 6.45) is -0.522. The number of nitrogens with one attached hydrogen (secondary N) is 1. The first-order valence-electron chi connectivity index (χ1n) is 6.33. The number of halogens is 1. The van der Waals surface area contributed by atoms with Crippen LogP contribution in [-0.2, 0) is 14.3 Å². The van der Waals surface area contributed by atoms with Crippen molar-refractivity contribution in [3.63, 3.8) is 0 Å². The van der Waals surface area contributed by atoms with Crippen molar-refractivity contribution in [3.8, 4) is 0 Å². The van der Waals surface area contributed by atoms with E-state index in [4.69, 9.17) is 4.74 Å². The Bertz CT molecular complexity index is 610. The van der Waals surface area contributed by atoms with E-state index in [9.17, 15) is 14.4 Å². The number of Topliss-reactive ketones (excluding diaryl/α,β-unsaturated/α-hetero) is 1. The number of carbonyl (C=O) groups is 3. The summed E-state index contributed by atoms with van der Waals surface area (Å²) >= 11 is 3.28. The number of rotatable bonds is 4.